The van der Waals surface area contributed by atoms with Crippen molar-refractivity contribution in [3.05, 3.63) is 0 Å². The lowest BCUT2D eigenvalue weighted by atomic mass is 9.91. The molecule has 0 aromatic carbocycles. The third kappa shape index (κ3) is 1.84. The van der Waals surface area contributed by atoms with Crippen molar-refractivity contribution in [2.45, 2.75) is 31.0 Å². The van der Waals surface area contributed by atoms with Gasteiger partial charge in [-0.1, -0.05) is 0 Å². The maximum atomic E-state index is 9.82. The molecule has 1 saturated heterocycles. The molecule has 1 heterocycles. The summed E-state index contributed by atoms with van der Waals surface area (Å²) in [5, 5.41) is 19.2. The van der Waals surface area contributed by atoms with E-state index in [9.17, 15) is 10.2 Å². The van der Waals surface area contributed by atoms with E-state index in [2.05, 4.69) is 0 Å². The molecule has 0 aliphatic carbocycles. The van der Waals surface area contributed by atoms with Crippen LogP contribution in [0.1, 0.15) is 6.92 Å². The molecule has 5 nitrogen and oxygen atoms in total. The van der Waals surface area contributed by atoms with Crippen molar-refractivity contribution in [2.24, 2.45) is 0 Å². The minimum absolute atomic E-state index is 0.215. The Morgan fingerprint density at radius 3 is 2.46 bits per heavy atom. The van der Waals surface area contributed by atoms with Gasteiger partial charge in [-0.15, -0.1) is 0 Å². The van der Waals surface area contributed by atoms with E-state index in [0.29, 0.717) is 0 Å². The lowest BCUT2D eigenvalue weighted by Gasteiger charge is -2.43. The van der Waals surface area contributed by atoms with Crippen LogP contribution in [-0.2, 0) is 14.2 Å². The van der Waals surface area contributed by atoms with Gasteiger partial charge in [0.2, 0.25) is 0 Å². The van der Waals surface area contributed by atoms with Crippen molar-refractivity contribution in [1.82, 2.24) is 0 Å². The van der Waals surface area contributed by atoms with Crippen LogP contribution in [0, 0.1) is 0 Å². The molecular formula is C8H16O5. The molecule has 0 spiro atoms. The highest BCUT2D eigenvalue weighted by molar-refractivity contribution is 4.94. The molecule has 0 radical (unpaired) electrons. The molecule has 0 bridgehead atoms. The largest absolute Gasteiger partial charge is 0.382 e. The summed E-state index contributed by atoms with van der Waals surface area (Å²) >= 11 is 0. The van der Waals surface area contributed by atoms with Gasteiger partial charge in [-0.25, -0.2) is 0 Å². The molecule has 1 aliphatic heterocycles. The summed E-state index contributed by atoms with van der Waals surface area (Å²) in [6.07, 6.45) is -2.17. The van der Waals surface area contributed by atoms with Crippen LogP contribution in [0.2, 0.25) is 0 Å². The van der Waals surface area contributed by atoms with Gasteiger partial charge in [0.25, 0.3) is 0 Å². The number of ether oxygens (including phenoxy) is 3. The third-order valence-corrected chi connectivity index (χ3v) is 2.39. The van der Waals surface area contributed by atoms with Crippen LogP contribution in [0.4, 0.5) is 0 Å². The van der Waals surface area contributed by atoms with E-state index in [-0.39, 0.29) is 12.7 Å². The maximum Gasteiger partial charge on any atom is 0.186 e. The lowest BCUT2D eigenvalue weighted by Crippen LogP contribution is -2.62. The zero-order valence-electron chi connectivity index (χ0n) is 8.06. The number of hydrogen-bond acceptors (Lipinski definition) is 5. The van der Waals surface area contributed by atoms with Crippen molar-refractivity contribution in [2.75, 3.05) is 20.8 Å². The molecule has 1 rings (SSSR count). The Hall–Kier alpha value is -0.200. The Bertz CT molecular complexity index is 170. The standard InChI is InChI=1S/C8H16O5/c1-8(10)6(12-3)5(11-2)4-13-7(8)9/h5-7,9-10H,4H2,1-3H3/t5-,6+,7?,8-/m1/s1. The highest BCUT2D eigenvalue weighted by atomic mass is 16.6. The number of aliphatic hydroxyl groups is 2. The summed E-state index contributed by atoms with van der Waals surface area (Å²) in [7, 11) is 2.97. The summed E-state index contributed by atoms with van der Waals surface area (Å²) in [5.74, 6) is 0. The van der Waals surface area contributed by atoms with Crippen molar-refractivity contribution in [3.63, 3.8) is 0 Å². The molecule has 0 aromatic heterocycles. The Labute approximate surface area is 77.2 Å². The second-order valence-corrected chi connectivity index (χ2v) is 3.34. The van der Waals surface area contributed by atoms with Crippen LogP contribution in [0.25, 0.3) is 0 Å². The average molecular weight is 192 g/mol. The molecule has 4 atom stereocenters. The maximum absolute atomic E-state index is 9.82. The van der Waals surface area contributed by atoms with Gasteiger partial charge in [-0.3, -0.25) is 0 Å². The SMILES string of the molecule is CO[C@@H]1COC(O)[C@](C)(O)[C@H]1OC. The second kappa shape index (κ2) is 3.89. The van der Waals surface area contributed by atoms with Crippen molar-refractivity contribution >= 4 is 0 Å². The summed E-state index contributed by atoms with van der Waals surface area (Å²) in [5.41, 5.74) is -1.44. The predicted octanol–water partition coefficient (Wildman–Crippen LogP) is -0.884. The third-order valence-electron chi connectivity index (χ3n) is 2.39. The van der Waals surface area contributed by atoms with Gasteiger partial charge in [0, 0.05) is 14.2 Å². The molecule has 0 aromatic rings. The first kappa shape index (κ1) is 10.9. The van der Waals surface area contributed by atoms with Gasteiger partial charge < -0.3 is 24.4 Å². The first-order valence-electron chi connectivity index (χ1n) is 4.11. The van der Waals surface area contributed by atoms with E-state index in [4.69, 9.17) is 14.2 Å². The van der Waals surface area contributed by atoms with Crippen LogP contribution in [0.15, 0.2) is 0 Å². The molecule has 5 heteroatoms. The van der Waals surface area contributed by atoms with E-state index in [1.54, 1.807) is 0 Å². The number of hydrogen-bond donors (Lipinski definition) is 2. The fourth-order valence-electron chi connectivity index (χ4n) is 1.54. The van der Waals surface area contributed by atoms with Crippen LogP contribution in [0.5, 0.6) is 0 Å². The molecule has 78 valence electrons. The highest BCUT2D eigenvalue weighted by Crippen LogP contribution is 2.27. The molecule has 0 saturated carbocycles. The molecular weight excluding hydrogens is 176 g/mol. The van der Waals surface area contributed by atoms with Gasteiger partial charge in [-0.05, 0) is 6.92 Å². The number of rotatable bonds is 2. The minimum atomic E-state index is -1.44. The molecule has 1 fully saturated rings. The second-order valence-electron chi connectivity index (χ2n) is 3.34. The molecule has 0 amide bonds. The summed E-state index contributed by atoms with van der Waals surface area (Å²) in [6, 6.07) is 0. The van der Waals surface area contributed by atoms with Crippen molar-refractivity contribution in [1.29, 1.82) is 0 Å². The summed E-state index contributed by atoms with van der Waals surface area (Å²) in [6.45, 7) is 1.67. The van der Waals surface area contributed by atoms with Gasteiger partial charge in [-0.2, -0.15) is 0 Å². The average Bonchev–Trinajstić information content (AvgIpc) is 2.09. The lowest BCUT2D eigenvalue weighted by molar-refractivity contribution is -0.303. The number of aliphatic hydroxyl groups excluding tert-OH is 1. The van der Waals surface area contributed by atoms with E-state index < -0.39 is 18.0 Å². The summed E-state index contributed by atoms with van der Waals surface area (Å²) in [4.78, 5) is 0. The van der Waals surface area contributed by atoms with Crippen molar-refractivity contribution < 1.29 is 24.4 Å². The Morgan fingerprint density at radius 1 is 1.38 bits per heavy atom. The van der Waals surface area contributed by atoms with Crippen molar-refractivity contribution in [3.8, 4) is 0 Å². The smallest absolute Gasteiger partial charge is 0.186 e. The quantitative estimate of drug-likeness (QED) is 0.594. The first-order valence-corrected chi connectivity index (χ1v) is 4.11. The predicted molar refractivity (Wildman–Crippen MR) is 44.2 cm³/mol. The Balaban J connectivity index is 2.77. The fraction of sp³-hybridized carbons (Fsp3) is 1.00. The van der Waals surface area contributed by atoms with Gasteiger partial charge in [0.05, 0.1) is 6.61 Å². The van der Waals surface area contributed by atoms with Gasteiger partial charge in [0.15, 0.2) is 6.29 Å². The fourth-order valence-corrected chi connectivity index (χ4v) is 1.54. The molecule has 1 unspecified atom stereocenters. The molecule has 1 aliphatic rings. The van der Waals surface area contributed by atoms with Crippen LogP contribution < -0.4 is 0 Å². The van der Waals surface area contributed by atoms with E-state index in [0.717, 1.165) is 0 Å². The van der Waals surface area contributed by atoms with E-state index in [1.807, 2.05) is 0 Å². The monoisotopic (exact) mass is 192 g/mol. The first-order chi connectivity index (χ1) is 6.04. The summed E-state index contributed by atoms with van der Waals surface area (Å²) < 4.78 is 15.1. The zero-order chi connectivity index (χ0) is 10.1. The van der Waals surface area contributed by atoms with Crippen LogP contribution in [-0.4, -0.2) is 55.1 Å². The van der Waals surface area contributed by atoms with Gasteiger partial charge >= 0.3 is 0 Å². The molecule has 2 N–H and O–H groups in total. The number of methoxy groups -OCH3 is 2. The van der Waals surface area contributed by atoms with Crippen LogP contribution >= 0.6 is 0 Å². The normalized spacial score (nSPS) is 46.4. The Kier molecular flexibility index (Phi) is 3.26. The van der Waals surface area contributed by atoms with Gasteiger partial charge in [0.1, 0.15) is 17.8 Å². The van der Waals surface area contributed by atoms with E-state index in [1.165, 1.54) is 21.1 Å². The van der Waals surface area contributed by atoms with E-state index >= 15 is 0 Å². The highest BCUT2D eigenvalue weighted by Gasteiger charge is 2.48. The topological polar surface area (TPSA) is 68.2 Å². The minimum Gasteiger partial charge on any atom is -0.382 e. The Morgan fingerprint density at radius 2 is 2.00 bits per heavy atom. The van der Waals surface area contributed by atoms with Crippen LogP contribution in [0.3, 0.4) is 0 Å². The zero-order valence-corrected chi connectivity index (χ0v) is 8.06. The molecule has 13 heavy (non-hydrogen) atoms.